The molecule has 108 valence electrons. The van der Waals surface area contributed by atoms with Crippen LogP contribution in [0.4, 0.5) is 11.4 Å². The molecule has 21 heavy (non-hydrogen) atoms. The largest absolute Gasteiger partial charge is 0.322 e. The van der Waals surface area contributed by atoms with Crippen LogP contribution in [0.2, 0.25) is 0 Å². The highest BCUT2D eigenvalue weighted by Gasteiger charge is 2.15. The summed E-state index contributed by atoms with van der Waals surface area (Å²) in [6.45, 7) is 3.54. The van der Waals surface area contributed by atoms with Crippen LogP contribution in [0.3, 0.4) is 0 Å². The average molecular weight is 396 g/mol. The lowest BCUT2D eigenvalue weighted by Gasteiger charge is -2.09. The van der Waals surface area contributed by atoms with E-state index in [9.17, 15) is 14.9 Å². The Morgan fingerprint density at radius 2 is 1.86 bits per heavy atom. The zero-order valence-corrected chi connectivity index (χ0v) is 13.7. The predicted octanol–water partition coefficient (Wildman–Crippen LogP) is 4.07. The van der Waals surface area contributed by atoms with Crippen molar-refractivity contribution < 1.29 is 9.72 Å². The molecule has 5 nitrogen and oxygen atoms in total. The van der Waals surface area contributed by atoms with E-state index in [2.05, 4.69) is 27.9 Å². The lowest BCUT2D eigenvalue weighted by molar-refractivity contribution is -0.385. The normalized spacial score (nSPS) is 10.2. The van der Waals surface area contributed by atoms with Crippen LogP contribution in [0.5, 0.6) is 0 Å². The summed E-state index contributed by atoms with van der Waals surface area (Å²) in [5.41, 5.74) is 2.38. The number of nitro groups is 1. The van der Waals surface area contributed by atoms with Gasteiger partial charge in [-0.25, -0.2) is 0 Å². The number of anilines is 1. The van der Waals surface area contributed by atoms with Crippen LogP contribution < -0.4 is 5.32 Å². The van der Waals surface area contributed by atoms with Crippen molar-refractivity contribution in [3.05, 3.63) is 66.8 Å². The third-order valence-corrected chi connectivity index (χ3v) is 3.78. The standard InChI is InChI=1S/C15H13IN2O3/c1-9-3-4-11(8-14(9)18(20)21)15(19)17-13-6-5-12(16)7-10(13)2/h3-8H,1-2H3,(H,17,19). The van der Waals surface area contributed by atoms with Gasteiger partial charge in [0.05, 0.1) is 4.92 Å². The SMILES string of the molecule is Cc1cc(I)ccc1NC(=O)c1ccc(C)c([N+](=O)[O-])c1. The summed E-state index contributed by atoms with van der Waals surface area (Å²) in [6.07, 6.45) is 0. The second kappa shape index (κ2) is 6.21. The molecule has 0 radical (unpaired) electrons. The molecule has 0 bridgehead atoms. The molecule has 0 aliphatic heterocycles. The van der Waals surface area contributed by atoms with Gasteiger partial charge in [-0.15, -0.1) is 0 Å². The van der Waals surface area contributed by atoms with E-state index in [1.165, 1.54) is 6.07 Å². The summed E-state index contributed by atoms with van der Waals surface area (Å²) in [4.78, 5) is 22.6. The van der Waals surface area contributed by atoms with Crippen LogP contribution in [0.15, 0.2) is 36.4 Å². The predicted molar refractivity (Wildman–Crippen MR) is 89.7 cm³/mol. The molecule has 0 aliphatic rings. The molecule has 2 aromatic carbocycles. The van der Waals surface area contributed by atoms with Crippen molar-refractivity contribution in [1.29, 1.82) is 0 Å². The highest BCUT2D eigenvalue weighted by molar-refractivity contribution is 14.1. The molecule has 0 spiro atoms. The molecule has 0 aliphatic carbocycles. The van der Waals surface area contributed by atoms with Gasteiger partial charge in [-0.3, -0.25) is 14.9 Å². The third-order valence-electron chi connectivity index (χ3n) is 3.10. The van der Waals surface area contributed by atoms with Crippen molar-refractivity contribution in [1.82, 2.24) is 0 Å². The Bertz CT molecular complexity index is 729. The van der Waals surface area contributed by atoms with Crippen LogP contribution in [-0.2, 0) is 0 Å². The van der Waals surface area contributed by atoms with E-state index in [0.717, 1.165) is 9.13 Å². The van der Waals surface area contributed by atoms with Gasteiger partial charge in [0.25, 0.3) is 11.6 Å². The van der Waals surface area contributed by atoms with Crippen LogP contribution in [0.1, 0.15) is 21.5 Å². The van der Waals surface area contributed by atoms with Gasteiger partial charge >= 0.3 is 0 Å². The summed E-state index contributed by atoms with van der Waals surface area (Å²) in [5, 5.41) is 13.7. The van der Waals surface area contributed by atoms with E-state index >= 15 is 0 Å². The summed E-state index contributed by atoms with van der Waals surface area (Å²) < 4.78 is 1.08. The van der Waals surface area contributed by atoms with E-state index in [1.807, 2.05) is 25.1 Å². The maximum atomic E-state index is 12.2. The first-order chi connectivity index (χ1) is 9.88. The first-order valence-corrected chi connectivity index (χ1v) is 7.29. The quantitative estimate of drug-likeness (QED) is 0.483. The minimum absolute atomic E-state index is 0.0537. The van der Waals surface area contributed by atoms with Crippen LogP contribution in [0.25, 0.3) is 0 Å². The number of hydrogen-bond donors (Lipinski definition) is 1. The van der Waals surface area contributed by atoms with Gasteiger partial charge in [0, 0.05) is 26.5 Å². The Hall–Kier alpha value is -1.96. The molecule has 2 rings (SSSR count). The first kappa shape index (κ1) is 15.4. The Morgan fingerprint density at radius 3 is 2.48 bits per heavy atom. The third kappa shape index (κ3) is 3.57. The molecule has 2 aromatic rings. The minimum Gasteiger partial charge on any atom is -0.322 e. The minimum atomic E-state index is -0.484. The summed E-state index contributed by atoms with van der Waals surface area (Å²) in [7, 11) is 0. The molecule has 0 aromatic heterocycles. The number of carbonyl (C=O) groups excluding carboxylic acids is 1. The number of nitro benzene ring substituents is 1. The van der Waals surface area contributed by atoms with Crippen LogP contribution >= 0.6 is 22.6 Å². The second-order valence-electron chi connectivity index (χ2n) is 4.67. The van der Waals surface area contributed by atoms with Gasteiger partial charge in [0.2, 0.25) is 0 Å². The van der Waals surface area contributed by atoms with E-state index < -0.39 is 4.92 Å². The van der Waals surface area contributed by atoms with Crippen LogP contribution in [0, 0.1) is 27.5 Å². The Kier molecular flexibility index (Phi) is 4.56. The zero-order chi connectivity index (χ0) is 15.6. The number of aryl methyl sites for hydroxylation is 2. The van der Waals surface area contributed by atoms with Gasteiger partial charge in [0.1, 0.15) is 0 Å². The zero-order valence-electron chi connectivity index (χ0n) is 11.5. The lowest BCUT2D eigenvalue weighted by Crippen LogP contribution is -2.13. The number of benzene rings is 2. The second-order valence-corrected chi connectivity index (χ2v) is 5.92. The Labute approximate surface area is 135 Å². The molecule has 1 N–H and O–H groups in total. The van der Waals surface area contributed by atoms with Crippen molar-refractivity contribution >= 4 is 39.9 Å². The van der Waals surface area contributed by atoms with Gasteiger partial charge in [-0.05, 0) is 66.3 Å². The maximum Gasteiger partial charge on any atom is 0.273 e. The topological polar surface area (TPSA) is 72.2 Å². The maximum absolute atomic E-state index is 12.2. The number of nitrogens with one attached hydrogen (secondary N) is 1. The summed E-state index contributed by atoms with van der Waals surface area (Å²) in [6, 6.07) is 10.1. The van der Waals surface area contributed by atoms with E-state index in [1.54, 1.807) is 19.1 Å². The highest BCUT2D eigenvalue weighted by Crippen LogP contribution is 2.22. The number of carbonyl (C=O) groups is 1. The van der Waals surface area contributed by atoms with Crippen molar-refractivity contribution in [2.75, 3.05) is 5.32 Å². The Balaban J connectivity index is 2.28. The van der Waals surface area contributed by atoms with E-state index in [0.29, 0.717) is 11.3 Å². The number of nitrogens with zero attached hydrogens (tertiary/aromatic N) is 1. The molecule has 0 saturated heterocycles. The lowest BCUT2D eigenvalue weighted by atomic mass is 10.1. The van der Waals surface area contributed by atoms with Crippen molar-refractivity contribution in [3.63, 3.8) is 0 Å². The van der Waals surface area contributed by atoms with E-state index in [-0.39, 0.29) is 17.2 Å². The average Bonchev–Trinajstić information content (AvgIpc) is 2.42. The van der Waals surface area contributed by atoms with Gasteiger partial charge < -0.3 is 5.32 Å². The monoisotopic (exact) mass is 396 g/mol. The molecule has 6 heteroatoms. The number of hydrogen-bond acceptors (Lipinski definition) is 3. The van der Waals surface area contributed by atoms with E-state index in [4.69, 9.17) is 0 Å². The molecule has 0 saturated carbocycles. The first-order valence-electron chi connectivity index (χ1n) is 6.21. The van der Waals surface area contributed by atoms with Gasteiger partial charge in [0.15, 0.2) is 0 Å². The molecular weight excluding hydrogens is 383 g/mol. The Morgan fingerprint density at radius 1 is 1.14 bits per heavy atom. The summed E-state index contributed by atoms with van der Waals surface area (Å²) in [5.74, 6) is -0.359. The fourth-order valence-corrected chi connectivity index (χ4v) is 2.56. The fraction of sp³-hybridized carbons (Fsp3) is 0.133. The number of halogens is 1. The smallest absolute Gasteiger partial charge is 0.273 e. The molecular formula is C15H13IN2O3. The van der Waals surface area contributed by atoms with Gasteiger partial charge in [-0.1, -0.05) is 6.07 Å². The number of rotatable bonds is 3. The summed E-state index contributed by atoms with van der Waals surface area (Å²) >= 11 is 2.19. The van der Waals surface area contributed by atoms with Crippen molar-refractivity contribution in [2.45, 2.75) is 13.8 Å². The molecule has 0 fully saturated rings. The molecule has 1 amide bonds. The van der Waals surface area contributed by atoms with Gasteiger partial charge in [-0.2, -0.15) is 0 Å². The molecule has 0 atom stereocenters. The molecule has 0 heterocycles. The fourth-order valence-electron chi connectivity index (χ4n) is 1.91. The highest BCUT2D eigenvalue weighted by atomic mass is 127. The number of amides is 1. The molecule has 0 unspecified atom stereocenters. The van der Waals surface area contributed by atoms with Crippen molar-refractivity contribution in [3.8, 4) is 0 Å². The van der Waals surface area contributed by atoms with Crippen LogP contribution in [-0.4, -0.2) is 10.8 Å². The van der Waals surface area contributed by atoms with Crippen molar-refractivity contribution in [2.24, 2.45) is 0 Å².